The fourth-order valence-electron chi connectivity index (χ4n) is 2.72. The molecule has 0 unspecified atom stereocenters. The van der Waals surface area contributed by atoms with Crippen molar-refractivity contribution in [1.29, 1.82) is 0 Å². The number of carbonyl (C=O) groups excluding carboxylic acids is 2. The summed E-state index contributed by atoms with van der Waals surface area (Å²) in [4.78, 5) is 26.7. The van der Waals surface area contributed by atoms with E-state index in [1.54, 1.807) is 0 Å². The number of hydrogen-bond donors (Lipinski definition) is 0. The van der Waals surface area contributed by atoms with Gasteiger partial charge in [-0.25, -0.2) is 9.59 Å². The first-order valence-electron chi connectivity index (χ1n) is 8.68. The molecule has 1 rings (SSSR count). The van der Waals surface area contributed by atoms with Crippen LogP contribution in [0.4, 0.5) is 0 Å². The minimum absolute atomic E-state index is 0.145. The molecule has 1 aromatic carbocycles. The van der Waals surface area contributed by atoms with Gasteiger partial charge < -0.3 is 14.4 Å². The first kappa shape index (κ1) is 23.0. The average molecular weight is 438 g/mol. The van der Waals surface area contributed by atoms with Crippen molar-refractivity contribution in [3.05, 3.63) is 51.6 Å². The standard InChI is InChI=1S/C21H28BrNO4/c1-8-23(5)18(15(19(24)26-6)20(25)27-7)17(22)16(21(2,3)4)14-12-10-9-11-13-14/h9-13H,8H2,1-7H3/b17-16+. The number of halogens is 1. The summed E-state index contributed by atoms with van der Waals surface area (Å²) in [5.74, 6) is -1.48. The summed E-state index contributed by atoms with van der Waals surface area (Å²) in [5, 5.41) is 0. The van der Waals surface area contributed by atoms with Crippen molar-refractivity contribution >= 4 is 33.4 Å². The summed E-state index contributed by atoms with van der Waals surface area (Å²) in [6, 6.07) is 9.86. The fraction of sp³-hybridized carbons (Fsp3) is 0.429. The van der Waals surface area contributed by atoms with E-state index < -0.39 is 11.9 Å². The van der Waals surface area contributed by atoms with E-state index in [1.165, 1.54) is 14.2 Å². The second-order valence-corrected chi connectivity index (χ2v) is 7.82. The molecular formula is C21H28BrNO4. The topological polar surface area (TPSA) is 55.8 Å². The molecule has 0 bridgehead atoms. The predicted molar refractivity (Wildman–Crippen MR) is 111 cm³/mol. The molecule has 0 atom stereocenters. The van der Waals surface area contributed by atoms with Crippen molar-refractivity contribution in [1.82, 2.24) is 4.90 Å². The first-order chi connectivity index (χ1) is 12.6. The maximum Gasteiger partial charge on any atom is 0.347 e. The molecule has 0 aromatic heterocycles. The molecule has 1 aromatic rings. The lowest BCUT2D eigenvalue weighted by Crippen LogP contribution is -2.28. The smallest absolute Gasteiger partial charge is 0.347 e. The first-order valence-corrected chi connectivity index (χ1v) is 9.47. The predicted octanol–water partition coefficient (Wildman–Crippen LogP) is 4.39. The Balaban J connectivity index is 3.98. The van der Waals surface area contributed by atoms with E-state index in [4.69, 9.17) is 9.47 Å². The number of benzene rings is 1. The van der Waals surface area contributed by atoms with E-state index in [0.29, 0.717) is 16.7 Å². The van der Waals surface area contributed by atoms with Crippen LogP contribution in [-0.2, 0) is 19.1 Å². The normalized spacial score (nSPS) is 12.0. The summed E-state index contributed by atoms with van der Waals surface area (Å²) in [6.07, 6.45) is 0. The van der Waals surface area contributed by atoms with Crippen LogP contribution in [0, 0.1) is 5.41 Å². The average Bonchev–Trinajstić information content (AvgIpc) is 2.63. The number of nitrogens with zero attached hydrogens (tertiary/aromatic N) is 1. The van der Waals surface area contributed by atoms with E-state index in [-0.39, 0.29) is 11.0 Å². The Hall–Kier alpha value is -2.08. The van der Waals surface area contributed by atoms with Crippen molar-refractivity contribution in [3.8, 4) is 0 Å². The number of ether oxygens (including phenoxy) is 2. The van der Waals surface area contributed by atoms with E-state index in [1.807, 2.05) is 49.2 Å². The van der Waals surface area contributed by atoms with E-state index in [0.717, 1.165) is 11.1 Å². The zero-order chi connectivity index (χ0) is 20.8. The highest BCUT2D eigenvalue weighted by atomic mass is 79.9. The molecule has 0 radical (unpaired) electrons. The fourth-order valence-corrected chi connectivity index (χ4v) is 4.04. The number of allylic oxidation sites excluding steroid dienone is 2. The van der Waals surface area contributed by atoms with Crippen molar-refractivity contribution in [2.45, 2.75) is 27.7 Å². The quantitative estimate of drug-likeness (QED) is 0.217. The maximum atomic E-state index is 12.4. The van der Waals surface area contributed by atoms with Crippen LogP contribution in [0.2, 0.25) is 0 Å². The molecule has 5 nitrogen and oxygen atoms in total. The SMILES string of the molecule is CCN(C)C(=C(C(=O)OC)C(=O)OC)/C(Br)=C(/c1ccccc1)C(C)(C)C. The summed E-state index contributed by atoms with van der Waals surface area (Å²) in [6.45, 7) is 8.75. The zero-order valence-corrected chi connectivity index (χ0v) is 18.6. The van der Waals surface area contributed by atoms with Gasteiger partial charge in [0, 0.05) is 18.1 Å². The van der Waals surface area contributed by atoms with Gasteiger partial charge in [0.05, 0.1) is 19.9 Å². The summed E-state index contributed by atoms with van der Waals surface area (Å²) in [5.41, 5.74) is 1.98. The molecular weight excluding hydrogens is 410 g/mol. The monoisotopic (exact) mass is 437 g/mol. The van der Waals surface area contributed by atoms with Gasteiger partial charge in [0.25, 0.3) is 0 Å². The van der Waals surface area contributed by atoms with Crippen molar-refractivity contribution < 1.29 is 19.1 Å². The second kappa shape index (κ2) is 9.74. The number of rotatable bonds is 6. The minimum Gasteiger partial charge on any atom is -0.465 e. The Morgan fingerprint density at radius 3 is 1.89 bits per heavy atom. The highest BCUT2D eigenvalue weighted by Crippen LogP contribution is 2.42. The van der Waals surface area contributed by atoms with Crippen molar-refractivity contribution in [3.63, 3.8) is 0 Å². The van der Waals surface area contributed by atoms with Crippen molar-refractivity contribution in [2.24, 2.45) is 5.41 Å². The molecule has 0 N–H and O–H groups in total. The van der Waals surface area contributed by atoms with Gasteiger partial charge in [0.2, 0.25) is 0 Å². The Labute approximate surface area is 170 Å². The van der Waals surface area contributed by atoms with E-state index in [9.17, 15) is 9.59 Å². The molecule has 0 fully saturated rings. The zero-order valence-electron chi connectivity index (χ0n) is 17.1. The molecule has 0 spiro atoms. The Bertz CT molecular complexity index is 727. The number of likely N-dealkylation sites (N-methyl/N-ethyl adjacent to an activating group) is 1. The molecule has 0 aliphatic heterocycles. The number of esters is 2. The lowest BCUT2D eigenvalue weighted by Gasteiger charge is -2.30. The molecule has 0 aliphatic carbocycles. The Morgan fingerprint density at radius 2 is 1.52 bits per heavy atom. The largest absolute Gasteiger partial charge is 0.465 e. The number of carbonyl (C=O) groups is 2. The molecule has 0 saturated carbocycles. The van der Waals surface area contributed by atoms with Gasteiger partial charge in [-0.1, -0.05) is 51.1 Å². The molecule has 0 amide bonds. The number of methoxy groups -OCH3 is 2. The summed E-state index contributed by atoms with van der Waals surface area (Å²) >= 11 is 3.68. The van der Waals surface area contributed by atoms with Crippen molar-refractivity contribution in [2.75, 3.05) is 27.8 Å². The highest BCUT2D eigenvalue weighted by molar-refractivity contribution is 9.12. The maximum absolute atomic E-state index is 12.4. The van der Waals surface area contributed by atoms with Crippen LogP contribution < -0.4 is 0 Å². The molecule has 0 aliphatic rings. The molecule has 27 heavy (non-hydrogen) atoms. The second-order valence-electron chi connectivity index (χ2n) is 7.03. The molecule has 0 saturated heterocycles. The van der Waals surface area contributed by atoms with Gasteiger partial charge in [0.1, 0.15) is 0 Å². The molecule has 6 heteroatoms. The van der Waals surface area contributed by atoms with Crippen LogP contribution in [0.5, 0.6) is 0 Å². The third-order valence-electron chi connectivity index (χ3n) is 4.11. The lowest BCUT2D eigenvalue weighted by atomic mass is 9.81. The molecule has 148 valence electrons. The van der Waals surface area contributed by atoms with Gasteiger partial charge in [0.15, 0.2) is 5.57 Å². The van der Waals surface area contributed by atoms with Crippen LogP contribution in [0.3, 0.4) is 0 Å². The van der Waals surface area contributed by atoms with Crippen LogP contribution in [0.25, 0.3) is 5.57 Å². The van der Waals surface area contributed by atoms with E-state index >= 15 is 0 Å². The van der Waals surface area contributed by atoms with Crippen LogP contribution >= 0.6 is 15.9 Å². The third-order valence-corrected chi connectivity index (χ3v) is 4.88. The van der Waals surface area contributed by atoms with Gasteiger partial charge in [-0.2, -0.15) is 0 Å². The summed E-state index contributed by atoms with van der Waals surface area (Å²) < 4.78 is 10.4. The van der Waals surface area contributed by atoms with Gasteiger partial charge in [-0.05, 0) is 39.4 Å². The van der Waals surface area contributed by atoms with Crippen LogP contribution in [0.15, 0.2) is 46.1 Å². The Morgan fingerprint density at radius 1 is 1.04 bits per heavy atom. The highest BCUT2D eigenvalue weighted by Gasteiger charge is 2.32. The number of hydrogen-bond acceptors (Lipinski definition) is 5. The molecule has 0 heterocycles. The van der Waals surface area contributed by atoms with Crippen LogP contribution in [-0.4, -0.2) is 44.7 Å². The minimum atomic E-state index is -0.740. The lowest BCUT2D eigenvalue weighted by molar-refractivity contribution is -0.144. The van der Waals surface area contributed by atoms with Gasteiger partial charge >= 0.3 is 11.9 Å². The van der Waals surface area contributed by atoms with Gasteiger partial charge in [-0.3, -0.25) is 0 Å². The van der Waals surface area contributed by atoms with E-state index in [2.05, 4.69) is 36.7 Å². The van der Waals surface area contributed by atoms with Crippen LogP contribution in [0.1, 0.15) is 33.3 Å². The van der Waals surface area contributed by atoms with Gasteiger partial charge in [-0.15, -0.1) is 0 Å². The summed E-state index contributed by atoms with van der Waals surface area (Å²) in [7, 11) is 4.30. The Kier molecular flexibility index (Phi) is 8.28. The third kappa shape index (κ3) is 5.45.